The Bertz CT molecular complexity index is 1050. The molecule has 0 fully saturated rings. The fourth-order valence-electron chi connectivity index (χ4n) is 6.04. The van der Waals surface area contributed by atoms with Gasteiger partial charge in [-0.05, 0) is 70.6 Å². The molecule has 0 amide bonds. The summed E-state index contributed by atoms with van der Waals surface area (Å²) in [6.07, 6.45) is 43.3. The lowest BCUT2D eigenvalue weighted by Gasteiger charge is -2.24. The first kappa shape index (κ1) is 54.2. The molecule has 0 spiro atoms. The van der Waals surface area contributed by atoms with Gasteiger partial charge in [0, 0.05) is 12.8 Å². The first-order chi connectivity index (χ1) is 27.0. The van der Waals surface area contributed by atoms with E-state index in [2.05, 4.69) is 50.3 Å². The number of carbonyl (C=O) groups excluding carboxylic acids is 2. The minimum absolute atomic E-state index is 0.0266. The quantitative estimate of drug-likeness (QED) is 0.0214. The molecule has 56 heavy (non-hydrogen) atoms. The van der Waals surface area contributed by atoms with Gasteiger partial charge in [-0.3, -0.25) is 18.6 Å². The molecule has 0 heterocycles. The summed E-state index contributed by atoms with van der Waals surface area (Å²) in [6.45, 7) is 4.37. The fraction of sp³-hybridized carbons (Fsp3) is 0.826. The molecule has 2 atom stereocenters. The number of unbranched alkanes of at least 4 members (excludes halogenated alkanes) is 21. The molecule has 0 aliphatic carbocycles. The van der Waals surface area contributed by atoms with E-state index in [0.29, 0.717) is 23.9 Å². The Morgan fingerprint density at radius 3 is 1.48 bits per heavy atom. The van der Waals surface area contributed by atoms with Gasteiger partial charge in [0.05, 0.1) is 27.7 Å². The summed E-state index contributed by atoms with van der Waals surface area (Å²) in [5, 5.41) is 0. The van der Waals surface area contributed by atoms with Gasteiger partial charge in [0.2, 0.25) is 0 Å². The summed E-state index contributed by atoms with van der Waals surface area (Å²) in [6, 6.07) is 0. The van der Waals surface area contributed by atoms with Crippen molar-refractivity contribution in [1.82, 2.24) is 0 Å². The number of hydrogen-bond donors (Lipinski definition) is 1. The molecule has 9 nitrogen and oxygen atoms in total. The molecule has 0 aromatic carbocycles. The number of esters is 2. The molecule has 0 radical (unpaired) electrons. The maximum absolute atomic E-state index is 12.7. The van der Waals surface area contributed by atoms with Gasteiger partial charge in [0.1, 0.15) is 19.8 Å². The minimum atomic E-state index is -4.38. The van der Waals surface area contributed by atoms with Crippen LogP contribution in [0.15, 0.2) is 36.5 Å². The van der Waals surface area contributed by atoms with Gasteiger partial charge >= 0.3 is 19.8 Å². The van der Waals surface area contributed by atoms with Crippen LogP contribution in [-0.2, 0) is 32.7 Å². The predicted octanol–water partition coefficient (Wildman–Crippen LogP) is 12.9. The van der Waals surface area contributed by atoms with Crippen LogP contribution in [-0.4, -0.2) is 74.9 Å². The Hall–Kier alpha value is -1.77. The zero-order valence-electron chi connectivity index (χ0n) is 36.9. The van der Waals surface area contributed by atoms with Gasteiger partial charge in [-0.1, -0.05) is 147 Å². The summed E-state index contributed by atoms with van der Waals surface area (Å²) in [7, 11) is 1.46. The van der Waals surface area contributed by atoms with E-state index in [-0.39, 0.29) is 26.1 Å². The van der Waals surface area contributed by atoms with Crippen LogP contribution in [0.3, 0.4) is 0 Å². The number of nitrogens with zero attached hydrogens (tertiary/aromatic N) is 1. The highest BCUT2D eigenvalue weighted by molar-refractivity contribution is 7.47. The molecule has 328 valence electrons. The van der Waals surface area contributed by atoms with Crippen molar-refractivity contribution in [1.29, 1.82) is 0 Å². The molecule has 0 aromatic heterocycles. The normalized spacial score (nSPS) is 13.9. The van der Waals surface area contributed by atoms with Gasteiger partial charge in [0.25, 0.3) is 0 Å². The van der Waals surface area contributed by atoms with Crippen LogP contribution in [0.1, 0.15) is 194 Å². The highest BCUT2D eigenvalue weighted by Gasteiger charge is 2.27. The molecule has 0 rings (SSSR count). The molecule has 0 aliphatic heterocycles. The third-order valence-electron chi connectivity index (χ3n) is 9.64. The highest BCUT2D eigenvalue weighted by atomic mass is 31.2. The van der Waals surface area contributed by atoms with Crippen LogP contribution in [0.25, 0.3) is 0 Å². The molecule has 0 aliphatic rings. The molecular weight excluding hydrogens is 725 g/mol. The Morgan fingerprint density at radius 1 is 0.554 bits per heavy atom. The largest absolute Gasteiger partial charge is 0.472 e. The van der Waals surface area contributed by atoms with Crippen molar-refractivity contribution in [2.24, 2.45) is 0 Å². The molecule has 0 aromatic rings. The second-order valence-corrected chi connectivity index (χ2v) is 17.9. The average molecular weight is 813 g/mol. The number of likely N-dealkylation sites (N-methyl/N-ethyl adjacent to an activating group) is 1. The van der Waals surface area contributed by atoms with Crippen molar-refractivity contribution in [3.05, 3.63) is 36.5 Å². The molecule has 0 saturated carbocycles. The van der Waals surface area contributed by atoms with Gasteiger partial charge in [-0.15, -0.1) is 0 Å². The second-order valence-electron chi connectivity index (χ2n) is 16.4. The number of rotatable bonds is 41. The van der Waals surface area contributed by atoms with Crippen LogP contribution in [0.5, 0.6) is 0 Å². The fourth-order valence-corrected chi connectivity index (χ4v) is 6.78. The van der Waals surface area contributed by atoms with Crippen molar-refractivity contribution in [2.45, 2.75) is 200 Å². The lowest BCUT2D eigenvalue weighted by atomic mass is 10.1. The molecule has 1 N–H and O–H groups in total. The lowest BCUT2D eigenvalue weighted by molar-refractivity contribution is -0.870. The molecular formula is C46H87NO8P+. The Labute approximate surface area is 344 Å². The van der Waals surface area contributed by atoms with Crippen LogP contribution in [0.4, 0.5) is 0 Å². The average Bonchev–Trinajstić information content (AvgIpc) is 3.15. The van der Waals surface area contributed by atoms with Crippen molar-refractivity contribution in [3.63, 3.8) is 0 Å². The number of phosphoric ester groups is 1. The number of hydrogen-bond acceptors (Lipinski definition) is 7. The number of carbonyl (C=O) groups is 2. The van der Waals surface area contributed by atoms with Gasteiger partial charge in [-0.25, -0.2) is 4.57 Å². The highest BCUT2D eigenvalue weighted by Crippen LogP contribution is 2.43. The summed E-state index contributed by atoms with van der Waals surface area (Å²) in [4.78, 5) is 35.4. The molecule has 1 unspecified atom stereocenters. The third kappa shape index (κ3) is 41.9. The van der Waals surface area contributed by atoms with Gasteiger partial charge < -0.3 is 18.9 Å². The number of allylic oxidation sites excluding steroid dienone is 6. The lowest BCUT2D eigenvalue weighted by Crippen LogP contribution is -2.37. The first-order valence-electron chi connectivity index (χ1n) is 22.7. The van der Waals surface area contributed by atoms with Crippen LogP contribution in [0, 0.1) is 0 Å². The zero-order chi connectivity index (χ0) is 41.4. The topological polar surface area (TPSA) is 108 Å². The predicted molar refractivity (Wildman–Crippen MR) is 234 cm³/mol. The Balaban J connectivity index is 4.38. The van der Waals surface area contributed by atoms with E-state index in [9.17, 15) is 19.0 Å². The monoisotopic (exact) mass is 813 g/mol. The van der Waals surface area contributed by atoms with E-state index in [0.717, 1.165) is 44.9 Å². The number of phosphoric acid groups is 1. The number of quaternary nitrogens is 1. The second kappa shape index (κ2) is 38.7. The Kier molecular flexibility index (Phi) is 37.5. The van der Waals surface area contributed by atoms with Crippen LogP contribution < -0.4 is 0 Å². The van der Waals surface area contributed by atoms with Crippen molar-refractivity contribution in [2.75, 3.05) is 47.5 Å². The Morgan fingerprint density at radius 2 is 0.964 bits per heavy atom. The standard InChI is InChI=1S/C46H86NO8P/c1-6-8-10-12-14-16-18-20-22-23-25-27-29-31-33-35-37-39-46(49)55-44(43-54-56(50,51)53-41-40-47(3,4)5)42-52-45(48)38-36-34-32-30-28-26-24-21-19-17-15-13-11-9-7-2/h16,18,21,24,28,30,44H,6-15,17,19-20,22-23,25-27,29,31-43H2,1-5H3/p+1/b18-16+,24-21+,30-28+/t44-/m1/s1. The van der Waals surface area contributed by atoms with E-state index in [4.69, 9.17) is 18.5 Å². The van der Waals surface area contributed by atoms with E-state index in [1.54, 1.807) is 0 Å². The molecule has 0 saturated heterocycles. The summed E-state index contributed by atoms with van der Waals surface area (Å²) < 4.78 is 34.3. The smallest absolute Gasteiger partial charge is 0.462 e. The maximum atomic E-state index is 12.7. The summed E-state index contributed by atoms with van der Waals surface area (Å²) >= 11 is 0. The maximum Gasteiger partial charge on any atom is 0.472 e. The van der Waals surface area contributed by atoms with Crippen LogP contribution >= 0.6 is 7.82 Å². The van der Waals surface area contributed by atoms with Crippen LogP contribution in [0.2, 0.25) is 0 Å². The van der Waals surface area contributed by atoms with E-state index in [1.807, 2.05) is 21.1 Å². The zero-order valence-corrected chi connectivity index (χ0v) is 37.8. The van der Waals surface area contributed by atoms with Gasteiger partial charge in [-0.2, -0.15) is 0 Å². The molecule has 0 bridgehead atoms. The van der Waals surface area contributed by atoms with Crippen molar-refractivity contribution < 1.29 is 42.1 Å². The minimum Gasteiger partial charge on any atom is -0.462 e. The summed E-state index contributed by atoms with van der Waals surface area (Å²) in [5.41, 5.74) is 0. The van der Waals surface area contributed by atoms with Gasteiger partial charge in [0.15, 0.2) is 6.10 Å². The number of ether oxygens (including phenoxy) is 2. The molecule has 10 heteroatoms. The van der Waals surface area contributed by atoms with Crippen molar-refractivity contribution in [3.8, 4) is 0 Å². The third-order valence-corrected chi connectivity index (χ3v) is 10.6. The van der Waals surface area contributed by atoms with E-state index in [1.165, 1.54) is 109 Å². The van der Waals surface area contributed by atoms with E-state index >= 15 is 0 Å². The first-order valence-corrected chi connectivity index (χ1v) is 24.2. The van der Waals surface area contributed by atoms with E-state index < -0.39 is 32.5 Å². The summed E-state index contributed by atoms with van der Waals surface area (Å²) in [5.74, 6) is -0.837. The van der Waals surface area contributed by atoms with Crippen molar-refractivity contribution >= 4 is 19.8 Å². The SMILES string of the molecule is CCCCCC/C=C/CCCCCCCCCCCC(=O)O[C@H](COC(=O)CCCC/C=C/C/C=C/CCCCCCCC)COP(=O)(O)OCC[N+](C)(C)C.